The summed E-state index contributed by atoms with van der Waals surface area (Å²) >= 11 is 0. The molecule has 0 spiro atoms. The van der Waals surface area contributed by atoms with Crippen LogP contribution in [-0.4, -0.2) is 10.8 Å². The Hall–Kier alpha value is -2.60. The van der Waals surface area contributed by atoms with E-state index in [1.54, 1.807) is 4.90 Å². The fourth-order valence-electron chi connectivity index (χ4n) is 2.95. The first kappa shape index (κ1) is 13.4. The van der Waals surface area contributed by atoms with Gasteiger partial charge in [0.05, 0.1) is 6.07 Å². The molecule has 1 saturated heterocycles. The van der Waals surface area contributed by atoms with Gasteiger partial charge in [-0.1, -0.05) is 60.7 Å². The molecule has 1 aliphatic rings. The fraction of sp³-hybridized carbons (Fsp3) is 0.222. The zero-order valence-corrected chi connectivity index (χ0v) is 11.7. The number of benzene rings is 2. The highest BCUT2D eigenvalue weighted by Gasteiger charge is 2.46. The second-order valence-corrected chi connectivity index (χ2v) is 5.30. The zero-order valence-electron chi connectivity index (χ0n) is 11.7. The van der Waals surface area contributed by atoms with Crippen LogP contribution in [0, 0.1) is 11.3 Å². The second kappa shape index (κ2) is 5.41. The highest BCUT2D eigenvalue weighted by molar-refractivity contribution is 5.81. The van der Waals surface area contributed by atoms with Crippen molar-refractivity contribution in [3.63, 3.8) is 0 Å². The van der Waals surface area contributed by atoms with E-state index >= 15 is 0 Å². The largest absolute Gasteiger partial charge is 0.316 e. The van der Waals surface area contributed by atoms with Gasteiger partial charge in [-0.2, -0.15) is 5.26 Å². The summed E-state index contributed by atoms with van der Waals surface area (Å²) in [6, 6.07) is 21.8. The topological polar surface area (TPSA) is 44.1 Å². The van der Waals surface area contributed by atoms with Gasteiger partial charge in [0.15, 0.2) is 5.54 Å². The predicted molar refractivity (Wildman–Crippen MR) is 80.0 cm³/mol. The van der Waals surface area contributed by atoms with Crippen LogP contribution in [0.4, 0.5) is 0 Å². The molecule has 3 rings (SSSR count). The second-order valence-electron chi connectivity index (χ2n) is 5.30. The molecular weight excluding hydrogens is 260 g/mol. The lowest BCUT2D eigenvalue weighted by Crippen LogP contribution is -2.41. The highest BCUT2D eigenvalue weighted by atomic mass is 16.2. The summed E-state index contributed by atoms with van der Waals surface area (Å²) in [6.07, 6.45) is 0.981. The zero-order chi connectivity index (χ0) is 14.7. The summed E-state index contributed by atoms with van der Waals surface area (Å²) in [7, 11) is 0. The lowest BCUT2D eigenvalue weighted by molar-refractivity contribution is -0.131. The number of hydrogen-bond donors (Lipinski definition) is 0. The standard InChI is InChI=1S/C18H16N2O/c19-14-18(16-9-5-2-6-10-16)12-11-17(21)20(18)13-15-7-3-1-4-8-15/h1-10H,11-13H2/t18-/m1/s1. The maximum absolute atomic E-state index is 12.3. The van der Waals surface area contributed by atoms with Crippen molar-refractivity contribution >= 4 is 5.91 Å². The number of amides is 1. The van der Waals surface area contributed by atoms with E-state index in [4.69, 9.17) is 0 Å². The molecule has 3 nitrogen and oxygen atoms in total. The molecule has 0 aliphatic carbocycles. The van der Waals surface area contributed by atoms with E-state index in [9.17, 15) is 10.1 Å². The van der Waals surface area contributed by atoms with Crippen molar-refractivity contribution < 1.29 is 4.79 Å². The lowest BCUT2D eigenvalue weighted by atomic mass is 9.88. The number of hydrogen-bond acceptors (Lipinski definition) is 2. The molecule has 1 amide bonds. The van der Waals surface area contributed by atoms with E-state index in [1.165, 1.54) is 0 Å². The van der Waals surface area contributed by atoms with Crippen LogP contribution in [-0.2, 0) is 16.9 Å². The first-order valence-electron chi connectivity index (χ1n) is 7.07. The third-order valence-corrected chi connectivity index (χ3v) is 4.08. The molecule has 2 aromatic rings. The van der Waals surface area contributed by atoms with E-state index in [2.05, 4.69) is 6.07 Å². The van der Waals surface area contributed by atoms with Gasteiger partial charge in [-0.25, -0.2) is 0 Å². The van der Waals surface area contributed by atoms with Crippen LogP contribution in [0.25, 0.3) is 0 Å². The Labute approximate surface area is 124 Å². The Morgan fingerprint density at radius 3 is 2.29 bits per heavy atom. The summed E-state index contributed by atoms with van der Waals surface area (Å²) in [5.74, 6) is 0.0456. The number of carbonyl (C=O) groups excluding carboxylic acids is 1. The Morgan fingerprint density at radius 1 is 1.05 bits per heavy atom. The van der Waals surface area contributed by atoms with Gasteiger partial charge in [0.2, 0.25) is 5.91 Å². The first-order valence-corrected chi connectivity index (χ1v) is 7.07. The smallest absolute Gasteiger partial charge is 0.224 e. The third kappa shape index (κ3) is 2.30. The van der Waals surface area contributed by atoms with E-state index in [0.29, 0.717) is 19.4 Å². The molecule has 1 atom stereocenters. The Morgan fingerprint density at radius 2 is 1.67 bits per heavy atom. The van der Waals surface area contributed by atoms with Gasteiger partial charge in [0, 0.05) is 13.0 Å². The van der Waals surface area contributed by atoms with E-state index < -0.39 is 5.54 Å². The quantitative estimate of drug-likeness (QED) is 0.864. The molecule has 0 radical (unpaired) electrons. The number of nitrogens with zero attached hydrogens (tertiary/aromatic N) is 2. The maximum atomic E-state index is 12.3. The maximum Gasteiger partial charge on any atom is 0.224 e. The summed E-state index contributed by atoms with van der Waals surface area (Å²) in [5, 5.41) is 9.79. The van der Waals surface area contributed by atoms with Crippen LogP contribution in [0.5, 0.6) is 0 Å². The molecule has 0 unspecified atom stereocenters. The highest BCUT2D eigenvalue weighted by Crippen LogP contribution is 2.40. The van der Waals surface area contributed by atoms with Gasteiger partial charge < -0.3 is 4.90 Å². The van der Waals surface area contributed by atoms with Gasteiger partial charge in [-0.3, -0.25) is 4.79 Å². The Kier molecular flexibility index (Phi) is 3.45. The molecule has 104 valence electrons. The van der Waals surface area contributed by atoms with Gasteiger partial charge in [-0.05, 0) is 17.5 Å². The van der Waals surface area contributed by atoms with E-state index in [1.807, 2.05) is 60.7 Å². The van der Waals surface area contributed by atoms with Crippen LogP contribution < -0.4 is 0 Å². The molecule has 1 aliphatic heterocycles. The molecule has 0 saturated carbocycles. The molecule has 0 aromatic heterocycles. The number of likely N-dealkylation sites (tertiary alicyclic amines) is 1. The van der Waals surface area contributed by atoms with Crippen LogP contribution >= 0.6 is 0 Å². The number of rotatable bonds is 3. The number of nitriles is 1. The minimum Gasteiger partial charge on any atom is -0.316 e. The molecule has 1 heterocycles. The van der Waals surface area contributed by atoms with Crippen molar-refractivity contribution in [3.8, 4) is 6.07 Å². The molecule has 1 fully saturated rings. The van der Waals surface area contributed by atoms with Crippen molar-refractivity contribution in [1.82, 2.24) is 4.90 Å². The van der Waals surface area contributed by atoms with Gasteiger partial charge in [0.25, 0.3) is 0 Å². The SMILES string of the molecule is N#C[C@@]1(c2ccccc2)CCC(=O)N1Cc1ccccc1. The van der Waals surface area contributed by atoms with E-state index in [0.717, 1.165) is 11.1 Å². The minimum atomic E-state index is -0.839. The van der Waals surface area contributed by atoms with Gasteiger partial charge >= 0.3 is 0 Å². The van der Waals surface area contributed by atoms with E-state index in [-0.39, 0.29) is 5.91 Å². The predicted octanol–water partition coefficient (Wildman–Crippen LogP) is 3.23. The van der Waals surface area contributed by atoms with Crippen molar-refractivity contribution in [2.45, 2.75) is 24.9 Å². The summed E-state index contributed by atoms with van der Waals surface area (Å²) in [5.41, 5.74) is 1.10. The van der Waals surface area contributed by atoms with Gasteiger partial charge in [0.1, 0.15) is 0 Å². The van der Waals surface area contributed by atoms with Crippen molar-refractivity contribution in [2.24, 2.45) is 0 Å². The monoisotopic (exact) mass is 276 g/mol. The molecule has 2 aromatic carbocycles. The van der Waals surface area contributed by atoms with Crippen LogP contribution in [0.2, 0.25) is 0 Å². The van der Waals surface area contributed by atoms with Crippen LogP contribution in [0.1, 0.15) is 24.0 Å². The average molecular weight is 276 g/mol. The molecular formula is C18H16N2O. The molecule has 0 bridgehead atoms. The minimum absolute atomic E-state index is 0.0456. The summed E-state index contributed by atoms with van der Waals surface area (Å²) < 4.78 is 0. The first-order chi connectivity index (χ1) is 10.3. The Balaban J connectivity index is 2.00. The third-order valence-electron chi connectivity index (χ3n) is 4.08. The Bertz CT molecular complexity index is 675. The summed E-state index contributed by atoms with van der Waals surface area (Å²) in [6.45, 7) is 0.474. The lowest BCUT2D eigenvalue weighted by Gasteiger charge is -2.33. The molecule has 3 heteroatoms. The fourth-order valence-corrected chi connectivity index (χ4v) is 2.95. The van der Waals surface area contributed by atoms with Gasteiger partial charge in [-0.15, -0.1) is 0 Å². The van der Waals surface area contributed by atoms with Crippen LogP contribution in [0.3, 0.4) is 0 Å². The normalized spacial score (nSPS) is 21.3. The van der Waals surface area contributed by atoms with Crippen molar-refractivity contribution in [3.05, 3.63) is 71.8 Å². The molecule has 21 heavy (non-hydrogen) atoms. The number of carbonyl (C=O) groups is 1. The average Bonchev–Trinajstić information content (AvgIpc) is 2.87. The van der Waals surface area contributed by atoms with Crippen LogP contribution in [0.15, 0.2) is 60.7 Å². The van der Waals surface area contributed by atoms with Crippen molar-refractivity contribution in [1.29, 1.82) is 5.26 Å². The summed E-state index contributed by atoms with van der Waals surface area (Å²) in [4.78, 5) is 14.0. The molecule has 0 N–H and O–H groups in total. The van der Waals surface area contributed by atoms with Crippen molar-refractivity contribution in [2.75, 3.05) is 0 Å².